The van der Waals surface area contributed by atoms with Gasteiger partial charge in [-0.05, 0) is 59.8 Å². The molecule has 5 rings (SSSR count). The van der Waals surface area contributed by atoms with Gasteiger partial charge in [0.2, 0.25) is 0 Å². The molecule has 6 heteroatoms. The zero-order valence-electron chi connectivity index (χ0n) is 14.8. The van der Waals surface area contributed by atoms with Gasteiger partial charge in [-0.3, -0.25) is 4.79 Å². The molecule has 3 heterocycles. The fourth-order valence-corrected chi connectivity index (χ4v) is 4.78. The number of phenolic OH excluding ortho intramolecular Hbond substituents is 1. The third-order valence-electron chi connectivity index (χ3n) is 5.27. The van der Waals surface area contributed by atoms with E-state index in [9.17, 15) is 9.90 Å². The molecule has 0 spiro atoms. The fraction of sp³-hybridized carbons (Fsp3) is 0.190. The van der Waals surface area contributed by atoms with Crippen LogP contribution in [0.15, 0.2) is 46.6 Å². The number of rotatable bonds is 1. The lowest BCUT2D eigenvalue weighted by Gasteiger charge is -2.25. The first-order chi connectivity index (χ1) is 12.6. The number of hydrogen-bond donors (Lipinski definition) is 2. The van der Waals surface area contributed by atoms with E-state index in [4.69, 9.17) is 0 Å². The number of nitrogens with one attached hydrogen (secondary N) is 1. The van der Waals surface area contributed by atoms with E-state index in [1.165, 1.54) is 22.5 Å². The van der Waals surface area contributed by atoms with Crippen LogP contribution in [-0.4, -0.2) is 28.6 Å². The first-order valence-electron chi connectivity index (χ1n) is 8.68. The Morgan fingerprint density at radius 2 is 2.00 bits per heavy atom. The van der Waals surface area contributed by atoms with Gasteiger partial charge in [-0.2, -0.15) is 0 Å². The van der Waals surface area contributed by atoms with Crippen molar-refractivity contribution in [2.24, 2.45) is 0 Å². The van der Waals surface area contributed by atoms with Crippen LogP contribution in [0.4, 0.5) is 0 Å². The molecule has 1 aliphatic heterocycles. The van der Waals surface area contributed by atoms with Crippen molar-refractivity contribution in [3.63, 3.8) is 0 Å². The summed E-state index contributed by atoms with van der Waals surface area (Å²) in [7, 11) is 2.13. The predicted molar refractivity (Wildman–Crippen MR) is 114 cm³/mol. The lowest BCUT2D eigenvalue weighted by Crippen LogP contribution is -2.26. The van der Waals surface area contributed by atoms with Gasteiger partial charge in [-0.15, -0.1) is 23.7 Å². The molecule has 4 nitrogen and oxygen atoms in total. The molecule has 0 amide bonds. The van der Waals surface area contributed by atoms with Crippen molar-refractivity contribution in [2.75, 3.05) is 13.6 Å². The third-order valence-corrected chi connectivity index (χ3v) is 6.18. The van der Waals surface area contributed by atoms with Crippen molar-refractivity contribution in [1.29, 1.82) is 0 Å². The molecule has 0 atom stereocenters. The lowest BCUT2D eigenvalue weighted by atomic mass is 9.92. The van der Waals surface area contributed by atoms with Gasteiger partial charge in [0.25, 0.3) is 5.56 Å². The first-order valence-corrected chi connectivity index (χ1v) is 9.55. The van der Waals surface area contributed by atoms with E-state index >= 15 is 0 Å². The summed E-state index contributed by atoms with van der Waals surface area (Å²) >= 11 is 1.43. The summed E-state index contributed by atoms with van der Waals surface area (Å²) in [6.45, 7) is 1.99. The number of halogens is 1. The Labute approximate surface area is 166 Å². The second-order valence-electron chi connectivity index (χ2n) is 6.97. The number of fused-ring (bicyclic) bond motifs is 4. The highest BCUT2D eigenvalue weighted by Crippen LogP contribution is 2.40. The topological polar surface area (TPSA) is 56.3 Å². The third kappa shape index (κ3) is 2.83. The Bertz CT molecular complexity index is 1230. The van der Waals surface area contributed by atoms with Crippen molar-refractivity contribution in [3.8, 4) is 16.9 Å². The molecule has 0 saturated heterocycles. The Kier molecular flexibility index (Phi) is 4.46. The Morgan fingerprint density at radius 1 is 1.15 bits per heavy atom. The molecule has 1 aliphatic rings. The van der Waals surface area contributed by atoms with Crippen molar-refractivity contribution in [2.45, 2.75) is 13.0 Å². The number of nitrogens with zero attached hydrogens (tertiary/aromatic N) is 1. The molecule has 2 aromatic heterocycles. The highest BCUT2D eigenvalue weighted by atomic mass is 35.5. The molecule has 0 saturated carbocycles. The van der Waals surface area contributed by atoms with Crippen LogP contribution in [0.1, 0.15) is 11.1 Å². The van der Waals surface area contributed by atoms with Crippen molar-refractivity contribution >= 4 is 44.7 Å². The number of hydrogen-bond acceptors (Lipinski definition) is 4. The molecule has 4 aromatic rings. The number of pyridine rings is 1. The quantitative estimate of drug-likeness (QED) is 0.495. The van der Waals surface area contributed by atoms with E-state index < -0.39 is 0 Å². The molecule has 0 fully saturated rings. The monoisotopic (exact) mass is 398 g/mol. The number of thiophene rings is 1. The van der Waals surface area contributed by atoms with Crippen molar-refractivity contribution in [3.05, 3.63) is 63.3 Å². The molecule has 0 bridgehead atoms. The zero-order valence-corrected chi connectivity index (χ0v) is 16.4. The van der Waals surface area contributed by atoms with Gasteiger partial charge in [0.05, 0.1) is 0 Å². The maximum atomic E-state index is 12.3. The van der Waals surface area contributed by atoms with Crippen LogP contribution >= 0.6 is 23.7 Å². The van der Waals surface area contributed by atoms with Gasteiger partial charge in [-0.25, -0.2) is 0 Å². The maximum Gasteiger partial charge on any atom is 0.266 e. The van der Waals surface area contributed by atoms with E-state index in [0.29, 0.717) is 4.70 Å². The lowest BCUT2D eigenvalue weighted by molar-refractivity contribution is 0.313. The summed E-state index contributed by atoms with van der Waals surface area (Å²) < 4.78 is 0.696. The maximum absolute atomic E-state index is 12.3. The SMILES string of the molecule is CN1CCc2ccc(-c3c(O)ccc4[nH]c(=O)c5sccc5c34)cc2C1.Cl. The Hall–Kier alpha value is -2.34. The van der Waals surface area contributed by atoms with Crippen LogP contribution in [0.25, 0.3) is 32.1 Å². The van der Waals surface area contributed by atoms with Gasteiger partial charge in [-0.1, -0.05) is 12.1 Å². The number of phenols is 1. The molecule has 0 radical (unpaired) electrons. The number of likely N-dealkylation sites (N-methyl/N-ethyl adjacent to an activating group) is 1. The second-order valence-corrected chi connectivity index (χ2v) is 7.89. The average Bonchev–Trinajstić information content (AvgIpc) is 3.12. The van der Waals surface area contributed by atoms with Crippen LogP contribution in [0.3, 0.4) is 0 Å². The predicted octanol–water partition coefficient (Wildman–Crippen LogP) is 4.53. The van der Waals surface area contributed by atoms with E-state index in [1.807, 2.05) is 11.4 Å². The summed E-state index contributed by atoms with van der Waals surface area (Å²) in [6, 6.07) is 11.8. The van der Waals surface area contributed by atoms with E-state index in [-0.39, 0.29) is 23.7 Å². The number of aromatic amines is 1. The Morgan fingerprint density at radius 3 is 2.85 bits per heavy atom. The van der Waals surface area contributed by atoms with Gasteiger partial charge in [0, 0.05) is 34.9 Å². The van der Waals surface area contributed by atoms with E-state index in [1.54, 1.807) is 12.1 Å². The van der Waals surface area contributed by atoms with Crippen LogP contribution < -0.4 is 5.56 Å². The molecular weight excluding hydrogens is 380 g/mol. The molecular formula is C21H19ClN2O2S. The fourth-order valence-electron chi connectivity index (χ4n) is 3.98. The van der Waals surface area contributed by atoms with Crippen LogP contribution in [0.5, 0.6) is 5.75 Å². The minimum Gasteiger partial charge on any atom is -0.507 e. The number of aromatic hydroxyl groups is 1. The van der Waals surface area contributed by atoms with Gasteiger partial charge in [0.15, 0.2) is 0 Å². The van der Waals surface area contributed by atoms with Crippen LogP contribution in [-0.2, 0) is 13.0 Å². The van der Waals surface area contributed by atoms with Crippen LogP contribution in [0, 0.1) is 0 Å². The van der Waals surface area contributed by atoms with E-state index in [2.05, 4.69) is 35.1 Å². The zero-order chi connectivity index (χ0) is 17.8. The van der Waals surface area contributed by atoms with Gasteiger partial charge >= 0.3 is 0 Å². The van der Waals surface area contributed by atoms with Crippen LogP contribution in [0.2, 0.25) is 0 Å². The van der Waals surface area contributed by atoms with Gasteiger partial charge in [0.1, 0.15) is 10.4 Å². The minimum atomic E-state index is -0.0776. The normalized spacial score (nSPS) is 14.3. The minimum absolute atomic E-state index is 0. The summed E-state index contributed by atoms with van der Waals surface area (Å²) in [5.41, 5.74) is 5.13. The largest absolute Gasteiger partial charge is 0.507 e. The standard InChI is InChI=1S/C21H18N2O2S.ClH/c1-23-8-6-12-2-3-13(10-14(12)11-23)18-17(24)5-4-16-19(18)15-7-9-26-20(15)21(25)22-16;/h2-5,7,9-10,24H,6,8,11H2,1H3,(H,22,25);1H. The molecule has 0 aliphatic carbocycles. The first kappa shape index (κ1) is 18.0. The Balaban J connectivity index is 0.00000180. The molecule has 0 unspecified atom stereocenters. The molecule has 27 heavy (non-hydrogen) atoms. The van der Waals surface area contributed by atoms with E-state index in [0.717, 1.165) is 46.9 Å². The average molecular weight is 399 g/mol. The highest BCUT2D eigenvalue weighted by molar-refractivity contribution is 7.17. The van der Waals surface area contributed by atoms with Crippen molar-refractivity contribution in [1.82, 2.24) is 9.88 Å². The number of benzene rings is 2. The summed E-state index contributed by atoms with van der Waals surface area (Å²) in [5, 5.41) is 14.4. The summed E-state index contributed by atoms with van der Waals surface area (Å²) in [5.74, 6) is 0.237. The number of aromatic nitrogens is 1. The van der Waals surface area contributed by atoms with Gasteiger partial charge < -0.3 is 15.0 Å². The smallest absolute Gasteiger partial charge is 0.266 e. The molecule has 138 valence electrons. The number of H-pyrrole nitrogens is 1. The molecule has 2 N–H and O–H groups in total. The second kappa shape index (κ2) is 6.68. The molecule has 2 aromatic carbocycles. The highest BCUT2D eigenvalue weighted by Gasteiger charge is 2.18. The summed E-state index contributed by atoms with van der Waals surface area (Å²) in [6.07, 6.45) is 1.05. The summed E-state index contributed by atoms with van der Waals surface area (Å²) in [4.78, 5) is 17.6. The van der Waals surface area contributed by atoms with Crippen molar-refractivity contribution < 1.29 is 5.11 Å².